The average molecular weight is 230 g/mol. The third-order valence-corrected chi connectivity index (χ3v) is 2.34. The fraction of sp³-hybridized carbons (Fsp3) is 0.818. The largest absolute Gasteiger partial charge is 0.466 e. The molecule has 0 saturated carbocycles. The zero-order valence-electron chi connectivity index (χ0n) is 10.1. The number of hydrogen-bond acceptors (Lipinski definition) is 4. The molecule has 0 bridgehead atoms. The van der Waals surface area contributed by atoms with E-state index >= 15 is 0 Å². The molecule has 5 heteroatoms. The van der Waals surface area contributed by atoms with Gasteiger partial charge >= 0.3 is 5.97 Å². The standard InChI is InChI=1S/C11H22N2O3/c1-3-9(8-12)7-10(14)13-6-5-11(15)16-4-2/h9H,3-8,12H2,1-2H3,(H,13,14). The molecule has 0 heterocycles. The van der Waals surface area contributed by atoms with Crippen LogP contribution >= 0.6 is 0 Å². The molecule has 16 heavy (non-hydrogen) atoms. The van der Waals surface area contributed by atoms with Crippen LogP contribution in [-0.2, 0) is 14.3 Å². The van der Waals surface area contributed by atoms with E-state index in [4.69, 9.17) is 10.5 Å². The van der Waals surface area contributed by atoms with E-state index in [-0.39, 0.29) is 24.2 Å². The summed E-state index contributed by atoms with van der Waals surface area (Å²) in [5.41, 5.74) is 5.49. The van der Waals surface area contributed by atoms with E-state index in [9.17, 15) is 9.59 Å². The molecule has 0 spiro atoms. The van der Waals surface area contributed by atoms with Gasteiger partial charge in [-0.25, -0.2) is 0 Å². The fourth-order valence-electron chi connectivity index (χ4n) is 1.27. The minimum atomic E-state index is -0.284. The van der Waals surface area contributed by atoms with Crippen LogP contribution in [0.2, 0.25) is 0 Å². The second-order valence-corrected chi connectivity index (χ2v) is 3.62. The van der Waals surface area contributed by atoms with Crippen molar-refractivity contribution in [2.75, 3.05) is 19.7 Å². The number of nitrogens with one attached hydrogen (secondary N) is 1. The summed E-state index contributed by atoms with van der Waals surface area (Å²) in [6, 6.07) is 0. The molecule has 94 valence electrons. The van der Waals surface area contributed by atoms with E-state index in [1.807, 2.05) is 6.92 Å². The van der Waals surface area contributed by atoms with Crippen molar-refractivity contribution >= 4 is 11.9 Å². The summed E-state index contributed by atoms with van der Waals surface area (Å²) >= 11 is 0. The molecule has 0 aliphatic heterocycles. The molecule has 0 aliphatic rings. The molecule has 0 saturated heterocycles. The van der Waals surface area contributed by atoms with Gasteiger partial charge in [0.05, 0.1) is 13.0 Å². The van der Waals surface area contributed by atoms with Crippen molar-refractivity contribution in [3.8, 4) is 0 Å². The van der Waals surface area contributed by atoms with Crippen LogP contribution in [0.5, 0.6) is 0 Å². The van der Waals surface area contributed by atoms with Gasteiger partial charge in [-0.05, 0) is 19.4 Å². The van der Waals surface area contributed by atoms with Crippen LogP contribution in [0.3, 0.4) is 0 Å². The van der Waals surface area contributed by atoms with E-state index in [0.717, 1.165) is 6.42 Å². The Morgan fingerprint density at radius 2 is 2.06 bits per heavy atom. The summed E-state index contributed by atoms with van der Waals surface area (Å²) in [7, 11) is 0. The smallest absolute Gasteiger partial charge is 0.307 e. The van der Waals surface area contributed by atoms with E-state index in [2.05, 4.69) is 5.32 Å². The number of rotatable bonds is 8. The van der Waals surface area contributed by atoms with Crippen LogP contribution in [0.1, 0.15) is 33.1 Å². The summed E-state index contributed by atoms with van der Waals surface area (Å²) in [5.74, 6) is -0.113. The molecule has 0 radical (unpaired) electrons. The first kappa shape index (κ1) is 14.9. The molecule has 5 nitrogen and oxygen atoms in total. The third-order valence-electron chi connectivity index (χ3n) is 2.34. The Labute approximate surface area is 96.7 Å². The van der Waals surface area contributed by atoms with Gasteiger partial charge in [-0.15, -0.1) is 0 Å². The Morgan fingerprint density at radius 1 is 1.38 bits per heavy atom. The second kappa shape index (κ2) is 9.15. The molecule has 1 atom stereocenters. The second-order valence-electron chi connectivity index (χ2n) is 3.62. The Balaban J connectivity index is 3.61. The van der Waals surface area contributed by atoms with Gasteiger partial charge < -0.3 is 15.8 Å². The normalized spacial score (nSPS) is 11.9. The Kier molecular flexibility index (Phi) is 8.52. The highest BCUT2D eigenvalue weighted by molar-refractivity contribution is 5.77. The van der Waals surface area contributed by atoms with Crippen LogP contribution < -0.4 is 11.1 Å². The predicted octanol–water partition coefficient (Wildman–Crippen LogP) is 0.431. The van der Waals surface area contributed by atoms with Gasteiger partial charge in [0.2, 0.25) is 5.91 Å². The minimum absolute atomic E-state index is 0.0541. The summed E-state index contributed by atoms with van der Waals surface area (Å²) < 4.78 is 4.74. The maximum atomic E-state index is 11.4. The predicted molar refractivity (Wildman–Crippen MR) is 61.7 cm³/mol. The SMILES string of the molecule is CCOC(=O)CCNC(=O)CC(CC)CN. The monoisotopic (exact) mass is 230 g/mol. The van der Waals surface area contributed by atoms with Crippen LogP contribution in [0.15, 0.2) is 0 Å². The van der Waals surface area contributed by atoms with Crippen molar-refractivity contribution in [3.63, 3.8) is 0 Å². The average Bonchev–Trinajstić information content (AvgIpc) is 2.26. The molecule has 3 N–H and O–H groups in total. The molecular weight excluding hydrogens is 208 g/mol. The van der Waals surface area contributed by atoms with E-state index in [0.29, 0.717) is 26.1 Å². The zero-order valence-corrected chi connectivity index (χ0v) is 10.1. The van der Waals surface area contributed by atoms with E-state index in [1.165, 1.54) is 0 Å². The van der Waals surface area contributed by atoms with Crippen LogP contribution in [0.4, 0.5) is 0 Å². The van der Waals surface area contributed by atoms with Crippen molar-refractivity contribution in [2.24, 2.45) is 11.7 Å². The quantitative estimate of drug-likeness (QED) is 0.592. The number of esters is 1. The Morgan fingerprint density at radius 3 is 2.56 bits per heavy atom. The van der Waals surface area contributed by atoms with Crippen molar-refractivity contribution in [1.82, 2.24) is 5.32 Å². The van der Waals surface area contributed by atoms with Crippen molar-refractivity contribution in [1.29, 1.82) is 0 Å². The highest BCUT2D eigenvalue weighted by atomic mass is 16.5. The maximum Gasteiger partial charge on any atom is 0.307 e. The van der Waals surface area contributed by atoms with Crippen LogP contribution in [0, 0.1) is 5.92 Å². The van der Waals surface area contributed by atoms with Crippen molar-refractivity contribution in [3.05, 3.63) is 0 Å². The molecule has 1 amide bonds. The zero-order chi connectivity index (χ0) is 12.4. The first-order chi connectivity index (χ1) is 7.63. The van der Waals surface area contributed by atoms with Crippen molar-refractivity contribution in [2.45, 2.75) is 33.1 Å². The van der Waals surface area contributed by atoms with Gasteiger partial charge in [0.15, 0.2) is 0 Å². The topological polar surface area (TPSA) is 81.4 Å². The minimum Gasteiger partial charge on any atom is -0.466 e. The lowest BCUT2D eigenvalue weighted by atomic mass is 10.0. The Bertz CT molecular complexity index is 215. The third kappa shape index (κ3) is 7.23. The molecule has 0 fully saturated rings. The number of carbonyl (C=O) groups is 2. The van der Waals surface area contributed by atoms with Crippen LogP contribution in [-0.4, -0.2) is 31.6 Å². The summed E-state index contributed by atoms with van der Waals surface area (Å²) in [5, 5.41) is 2.68. The molecule has 0 aromatic rings. The number of hydrogen-bond donors (Lipinski definition) is 2. The highest BCUT2D eigenvalue weighted by Gasteiger charge is 2.10. The van der Waals surface area contributed by atoms with Gasteiger partial charge in [0.1, 0.15) is 0 Å². The first-order valence-corrected chi connectivity index (χ1v) is 5.76. The van der Waals surface area contributed by atoms with Gasteiger partial charge in [-0.3, -0.25) is 9.59 Å². The molecule has 0 aliphatic carbocycles. The van der Waals surface area contributed by atoms with Gasteiger partial charge in [0, 0.05) is 13.0 Å². The summed E-state index contributed by atoms with van der Waals surface area (Å²) in [4.78, 5) is 22.4. The summed E-state index contributed by atoms with van der Waals surface area (Å²) in [6.07, 6.45) is 1.54. The number of ether oxygens (including phenoxy) is 1. The van der Waals surface area contributed by atoms with Gasteiger partial charge in [0.25, 0.3) is 0 Å². The van der Waals surface area contributed by atoms with E-state index < -0.39 is 0 Å². The molecular formula is C11H22N2O3. The number of amides is 1. The van der Waals surface area contributed by atoms with Crippen molar-refractivity contribution < 1.29 is 14.3 Å². The highest BCUT2D eigenvalue weighted by Crippen LogP contribution is 2.05. The fourth-order valence-corrected chi connectivity index (χ4v) is 1.27. The van der Waals surface area contributed by atoms with Gasteiger partial charge in [-0.2, -0.15) is 0 Å². The lowest BCUT2D eigenvalue weighted by Gasteiger charge is -2.11. The summed E-state index contributed by atoms with van der Waals surface area (Å²) in [6.45, 7) is 4.98. The van der Waals surface area contributed by atoms with Gasteiger partial charge in [-0.1, -0.05) is 13.3 Å². The number of nitrogens with two attached hydrogens (primary N) is 1. The molecule has 0 rings (SSSR count). The first-order valence-electron chi connectivity index (χ1n) is 5.76. The van der Waals surface area contributed by atoms with Crippen LogP contribution in [0.25, 0.3) is 0 Å². The lowest BCUT2D eigenvalue weighted by Crippen LogP contribution is -2.29. The Hall–Kier alpha value is -1.10. The lowest BCUT2D eigenvalue weighted by molar-refractivity contribution is -0.143. The number of carbonyl (C=O) groups excluding carboxylic acids is 2. The van der Waals surface area contributed by atoms with E-state index in [1.54, 1.807) is 6.92 Å². The maximum absolute atomic E-state index is 11.4. The molecule has 0 aromatic carbocycles. The molecule has 1 unspecified atom stereocenters. The molecule has 0 aromatic heterocycles.